The number of carbonyl (C=O) groups is 1. The van der Waals surface area contributed by atoms with Gasteiger partial charge in [-0.2, -0.15) is 14.6 Å². The number of nitriles is 1. The van der Waals surface area contributed by atoms with Gasteiger partial charge >= 0.3 is 0 Å². The van der Waals surface area contributed by atoms with Crippen LogP contribution in [0.1, 0.15) is 15.9 Å². The number of carbonyl (C=O) groups excluding carboxylic acids is 1. The minimum atomic E-state index is -0.333. The molecule has 0 aliphatic carbocycles. The molecule has 0 spiro atoms. The van der Waals surface area contributed by atoms with Crippen molar-refractivity contribution in [1.29, 1.82) is 5.26 Å². The number of nitrogens with zero attached hydrogens (tertiary/aromatic N) is 3. The Morgan fingerprint density at radius 3 is 2.88 bits per heavy atom. The summed E-state index contributed by atoms with van der Waals surface area (Å²) in [5.41, 5.74) is 1.63. The smallest absolute Gasteiger partial charge is 0.257 e. The van der Waals surface area contributed by atoms with Gasteiger partial charge in [-0.05, 0) is 30.3 Å². The first-order valence-corrected chi connectivity index (χ1v) is 7.76. The van der Waals surface area contributed by atoms with Crippen molar-refractivity contribution < 1.29 is 9.53 Å². The molecular weight excluding hydrogens is 324 g/mol. The molecule has 1 aromatic heterocycles. The summed E-state index contributed by atoms with van der Waals surface area (Å²) in [6.07, 6.45) is 0. The monoisotopic (exact) mass is 336 g/mol. The van der Waals surface area contributed by atoms with Crippen LogP contribution in [-0.2, 0) is 0 Å². The van der Waals surface area contributed by atoms with Crippen molar-refractivity contribution in [1.82, 2.24) is 9.36 Å². The second kappa shape index (κ2) is 6.89. The quantitative estimate of drug-likeness (QED) is 0.789. The first kappa shape index (κ1) is 15.6. The maximum atomic E-state index is 12.2. The summed E-state index contributed by atoms with van der Waals surface area (Å²) >= 11 is 1.09. The molecule has 0 fully saturated rings. The molecule has 0 unspecified atom stereocenters. The third-order valence-electron chi connectivity index (χ3n) is 3.23. The van der Waals surface area contributed by atoms with Crippen molar-refractivity contribution in [3.63, 3.8) is 0 Å². The molecule has 118 valence electrons. The maximum absolute atomic E-state index is 12.2. The number of nitrogens with one attached hydrogen (secondary N) is 1. The first-order chi connectivity index (χ1) is 11.7. The van der Waals surface area contributed by atoms with E-state index in [1.165, 1.54) is 6.07 Å². The minimum absolute atomic E-state index is 0.333. The molecule has 24 heavy (non-hydrogen) atoms. The SMILES string of the molecule is COc1cccc(-c2nsc(NC(=O)c3cccc(C#N)c3)n2)c1. The van der Waals surface area contributed by atoms with Crippen LogP contribution in [0.3, 0.4) is 0 Å². The zero-order chi connectivity index (χ0) is 16.9. The van der Waals surface area contributed by atoms with Crippen molar-refractivity contribution in [3.8, 4) is 23.2 Å². The van der Waals surface area contributed by atoms with E-state index in [4.69, 9.17) is 10.00 Å². The Labute approximate surface area is 142 Å². The van der Waals surface area contributed by atoms with Crippen LogP contribution in [0.15, 0.2) is 48.5 Å². The van der Waals surface area contributed by atoms with Crippen LogP contribution in [0.5, 0.6) is 5.75 Å². The number of ether oxygens (including phenoxy) is 1. The van der Waals surface area contributed by atoms with Gasteiger partial charge in [-0.1, -0.05) is 18.2 Å². The fourth-order valence-electron chi connectivity index (χ4n) is 2.05. The Morgan fingerprint density at radius 2 is 2.08 bits per heavy atom. The van der Waals surface area contributed by atoms with Crippen LogP contribution < -0.4 is 10.1 Å². The number of anilines is 1. The van der Waals surface area contributed by atoms with Gasteiger partial charge in [-0.15, -0.1) is 0 Å². The van der Waals surface area contributed by atoms with Crippen LogP contribution in [-0.4, -0.2) is 22.4 Å². The highest BCUT2D eigenvalue weighted by Crippen LogP contribution is 2.24. The summed E-state index contributed by atoms with van der Waals surface area (Å²) in [6.45, 7) is 0. The Bertz CT molecular complexity index is 930. The largest absolute Gasteiger partial charge is 0.497 e. The predicted molar refractivity (Wildman–Crippen MR) is 91.0 cm³/mol. The van der Waals surface area contributed by atoms with E-state index in [0.29, 0.717) is 27.8 Å². The molecule has 0 saturated carbocycles. The van der Waals surface area contributed by atoms with Crippen LogP contribution >= 0.6 is 11.5 Å². The number of hydrogen-bond acceptors (Lipinski definition) is 6. The average molecular weight is 336 g/mol. The molecule has 3 aromatic rings. The van der Waals surface area contributed by atoms with Crippen LogP contribution in [0, 0.1) is 11.3 Å². The fraction of sp³-hybridized carbons (Fsp3) is 0.0588. The second-order valence-electron chi connectivity index (χ2n) is 4.80. The number of hydrogen-bond donors (Lipinski definition) is 1. The van der Waals surface area contributed by atoms with Gasteiger partial charge in [0.2, 0.25) is 5.13 Å². The molecule has 3 rings (SSSR count). The van der Waals surface area contributed by atoms with E-state index in [1.54, 1.807) is 25.3 Å². The summed E-state index contributed by atoms with van der Waals surface area (Å²) in [5.74, 6) is 0.890. The van der Waals surface area contributed by atoms with Gasteiger partial charge in [-0.3, -0.25) is 10.1 Å². The number of amides is 1. The number of aromatic nitrogens is 2. The molecule has 0 radical (unpaired) electrons. The predicted octanol–water partition coefficient (Wildman–Crippen LogP) is 3.34. The van der Waals surface area contributed by atoms with Crippen molar-refractivity contribution >= 4 is 22.6 Å². The van der Waals surface area contributed by atoms with Gasteiger partial charge in [0.05, 0.1) is 18.7 Å². The van der Waals surface area contributed by atoms with Gasteiger partial charge in [0.25, 0.3) is 5.91 Å². The van der Waals surface area contributed by atoms with Gasteiger partial charge < -0.3 is 4.74 Å². The zero-order valence-corrected chi connectivity index (χ0v) is 13.5. The molecule has 0 saturated heterocycles. The summed E-state index contributed by atoms with van der Waals surface area (Å²) in [6, 6.07) is 15.8. The molecule has 7 heteroatoms. The summed E-state index contributed by atoms with van der Waals surface area (Å²) in [7, 11) is 1.59. The summed E-state index contributed by atoms with van der Waals surface area (Å²) < 4.78 is 9.43. The maximum Gasteiger partial charge on any atom is 0.257 e. The number of methoxy groups -OCH3 is 1. The van der Waals surface area contributed by atoms with E-state index in [-0.39, 0.29) is 5.91 Å². The molecule has 0 aliphatic heterocycles. The average Bonchev–Trinajstić information content (AvgIpc) is 3.10. The first-order valence-electron chi connectivity index (χ1n) is 6.99. The third kappa shape index (κ3) is 3.39. The molecule has 1 amide bonds. The number of rotatable bonds is 4. The standard InChI is InChI=1S/C17H12N4O2S/c1-23-14-7-3-5-12(9-14)15-19-17(24-21-15)20-16(22)13-6-2-4-11(8-13)10-18/h2-9H,1H3,(H,19,20,21,22). The van der Waals surface area contributed by atoms with Crippen LogP contribution in [0.25, 0.3) is 11.4 Å². The lowest BCUT2D eigenvalue weighted by Crippen LogP contribution is -2.11. The molecule has 1 heterocycles. The summed E-state index contributed by atoms with van der Waals surface area (Å²) in [4.78, 5) is 16.5. The number of benzene rings is 2. The van der Waals surface area contributed by atoms with E-state index in [9.17, 15) is 4.79 Å². The second-order valence-corrected chi connectivity index (χ2v) is 5.55. The zero-order valence-electron chi connectivity index (χ0n) is 12.7. The van der Waals surface area contributed by atoms with Gasteiger partial charge in [-0.25, -0.2) is 0 Å². The molecular formula is C17H12N4O2S. The highest BCUT2D eigenvalue weighted by molar-refractivity contribution is 7.10. The lowest BCUT2D eigenvalue weighted by atomic mass is 10.1. The Balaban J connectivity index is 1.78. The van der Waals surface area contributed by atoms with Crippen molar-refractivity contribution in [2.45, 2.75) is 0 Å². The van der Waals surface area contributed by atoms with Crippen molar-refractivity contribution in [3.05, 3.63) is 59.7 Å². The molecule has 2 aromatic carbocycles. The molecule has 1 N–H and O–H groups in total. The molecule has 0 atom stereocenters. The minimum Gasteiger partial charge on any atom is -0.497 e. The van der Waals surface area contributed by atoms with Gasteiger partial charge in [0, 0.05) is 22.7 Å². The lowest BCUT2D eigenvalue weighted by Gasteiger charge is -2.02. The molecule has 0 aliphatic rings. The van der Waals surface area contributed by atoms with Crippen LogP contribution in [0.4, 0.5) is 5.13 Å². The van der Waals surface area contributed by atoms with Crippen molar-refractivity contribution in [2.24, 2.45) is 0 Å². The highest BCUT2D eigenvalue weighted by Gasteiger charge is 2.12. The third-order valence-corrected chi connectivity index (χ3v) is 3.86. The van der Waals surface area contributed by atoms with Gasteiger partial charge in [0.15, 0.2) is 5.82 Å². The molecule has 6 nitrogen and oxygen atoms in total. The van der Waals surface area contributed by atoms with E-state index >= 15 is 0 Å². The lowest BCUT2D eigenvalue weighted by molar-refractivity contribution is 0.102. The van der Waals surface area contributed by atoms with E-state index in [2.05, 4.69) is 14.7 Å². The highest BCUT2D eigenvalue weighted by atomic mass is 32.1. The van der Waals surface area contributed by atoms with E-state index in [0.717, 1.165) is 17.1 Å². The Hall–Kier alpha value is -3.24. The van der Waals surface area contributed by atoms with Crippen molar-refractivity contribution in [2.75, 3.05) is 12.4 Å². The normalized spacial score (nSPS) is 10.0. The van der Waals surface area contributed by atoms with E-state index < -0.39 is 0 Å². The Morgan fingerprint density at radius 1 is 1.25 bits per heavy atom. The molecule has 0 bridgehead atoms. The topological polar surface area (TPSA) is 87.9 Å². The fourth-order valence-corrected chi connectivity index (χ4v) is 2.64. The van der Waals surface area contributed by atoms with E-state index in [1.807, 2.05) is 30.3 Å². The van der Waals surface area contributed by atoms with Crippen LogP contribution in [0.2, 0.25) is 0 Å². The van der Waals surface area contributed by atoms with Gasteiger partial charge in [0.1, 0.15) is 5.75 Å². The summed E-state index contributed by atoms with van der Waals surface area (Å²) in [5, 5.41) is 12.0. The Kier molecular flexibility index (Phi) is 4.50.